The number of aliphatic hydroxyl groups excluding tert-OH is 1. The number of hydrogen-bond donors (Lipinski definition) is 2. The quantitative estimate of drug-likeness (QED) is 0.825. The minimum Gasteiger partial charge on any atom is -0.384 e. The van der Waals surface area contributed by atoms with Gasteiger partial charge in [-0.05, 0) is 49.7 Å². The van der Waals surface area contributed by atoms with E-state index in [4.69, 9.17) is 5.11 Å². The Kier molecular flexibility index (Phi) is 5.44. The average molecular weight is 305 g/mol. The summed E-state index contributed by atoms with van der Waals surface area (Å²) >= 11 is 1.40. The number of aryl methyl sites for hydroxylation is 1. The highest BCUT2D eigenvalue weighted by Gasteiger charge is 2.27. The van der Waals surface area contributed by atoms with Crippen LogP contribution in [-0.4, -0.2) is 23.7 Å². The zero-order valence-corrected chi connectivity index (χ0v) is 13.7. The van der Waals surface area contributed by atoms with E-state index in [0.29, 0.717) is 10.8 Å². The Morgan fingerprint density at radius 3 is 2.90 bits per heavy atom. The largest absolute Gasteiger partial charge is 0.384 e. The van der Waals surface area contributed by atoms with Crippen molar-refractivity contribution >= 4 is 17.2 Å². The first kappa shape index (κ1) is 16.1. The minimum absolute atomic E-state index is 0.00607. The van der Waals surface area contributed by atoms with Crippen molar-refractivity contribution in [2.45, 2.75) is 46.1 Å². The first-order chi connectivity index (χ1) is 10.0. The van der Waals surface area contributed by atoms with Crippen molar-refractivity contribution < 1.29 is 9.90 Å². The van der Waals surface area contributed by atoms with Gasteiger partial charge in [-0.25, -0.2) is 0 Å². The lowest BCUT2D eigenvalue weighted by Crippen LogP contribution is -2.42. The van der Waals surface area contributed by atoms with Crippen LogP contribution in [0.15, 0.2) is 6.07 Å². The van der Waals surface area contributed by atoms with Crippen LogP contribution in [-0.2, 0) is 0 Å². The molecular weight excluding hydrogens is 282 g/mol. The molecule has 1 saturated carbocycles. The molecule has 2 N–H and O–H groups in total. The van der Waals surface area contributed by atoms with Crippen LogP contribution < -0.4 is 5.32 Å². The molecule has 0 bridgehead atoms. The molecular formula is C17H23NO2S. The fourth-order valence-corrected chi connectivity index (χ4v) is 3.91. The van der Waals surface area contributed by atoms with Crippen molar-refractivity contribution in [1.82, 2.24) is 5.32 Å². The van der Waals surface area contributed by atoms with E-state index in [0.717, 1.165) is 22.8 Å². The van der Waals surface area contributed by atoms with Crippen molar-refractivity contribution in [2.75, 3.05) is 6.61 Å². The molecule has 1 aromatic heterocycles. The van der Waals surface area contributed by atoms with Gasteiger partial charge in [-0.15, -0.1) is 11.3 Å². The van der Waals surface area contributed by atoms with Gasteiger partial charge in [-0.2, -0.15) is 0 Å². The fourth-order valence-electron chi connectivity index (χ4n) is 2.96. The van der Waals surface area contributed by atoms with Gasteiger partial charge in [0.25, 0.3) is 5.91 Å². The molecule has 1 amide bonds. The highest BCUT2D eigenvalue weighted by atomic mass is 32.1. The van der Waals surface area contributed by atoms with E-state index in [1.165, 1.54) is 24.2 Å². The van der Waals surface area contributed by atoms with Gasteiger partial charge in [0.15, 0.2) is 0 Å². The Labute approximate surface area is 130 Å². The third kappa shape index (κ3) is 4.09. The standard InChI is InChI=1S/C17H23NO2S/c1-11-6-7-14(12(2)9-11)18-17(20)16-10-13(3)15(21-16)5-4-8-19/h10-12,14,19H,6-9H2,1-3H3,(H,18,20). The number of amides is 1. The molecule has 21 heavy (non-hydrogen) atoms. The van der Waals surface area contributed by atoms with Crippen LogP contribution in [0.4, 0.5) is 0 Å². The first-order valence-electron chi connectivity index (χ1n) is 7.52. The number of aliphatic hydroxyl groups is 1. The maximum atomic E-state index is 12.4. The first-order valence-corrected chi connectivity index (χ1v) is 8.34. The van der Waals surface area contributed by atoms with E-state index in [1.54, 1.807) is 0 Å². The molecule has 1 heterocycles. The zero-order chi connectivity index (χ0) is 15.4. The van der Waals surface area contributed by atoms with Gasteiger partial charge in [0.05, 0.1) is 9.75 Å². The molecule has 4 heteroatoms. The van der Waals surface area contributed by atoms with Crippen molar-refractivity contribution in [3.05, 3.63) is 21.4 Å². The molecule has 1 aromatic rings. The fraction of sp³-hybridized carbons (Fsp3) is 0.588. The topological polar surface area (TPSA) is 49.3 Å². The van der Waals surface area contributed by atoms with Gasteiger partial charge in [0.2, 0.25) is 0 Å². The van der Waals surface area contributed by atoms with E-state index >= 15 is 0 Å². The summed E-state index contributed by atoms with van der Waals surface area (Å²) < 4.78 is 0. The Balaban J connectivity index is 2.03. The van der Waals surface area contributed by atoms with Gasteiger partial charge in [0.1, 0.15) is 6.61 Å². The number of carbonyl (C=O) groups excluding carboxylic acids is 1. The second-order valence-corrected chi connectivity index (χ2v) is 7.11. The molecule has 0 saturated heterocycles. The van der Waals surface area contributed by atoms with Crippen molar-refractivity contribution in [1.29, 1.82) is 0 Å². The van der Waals surface area contributed by atoms with Crippen LogP contribution in [0.5, 0.6) is 0 Å². The maximum absolute atomic E-state index is 12.4. The lowest BCUT2D eigenvalue weighted by Gasteiger charge is -2.33. The third-order valence-electron chi connectivity index (χ3n) is 4.17. The summed E-state index contributed by atoms with van der Waals surface area (Å²) in [6.45, 7) is 6.29. The molecule has 2 rings (SSSR count). The second kappa shape index (κ2) is 7.11. The zero-order valence-electron chi connectivity index (χ0n) is 12.9. The molecule has 3 unspecified atom stereocenters. The van der Waals surface area contributed by atoms with Crippen LogP contribution in [0, 0.1) is 30.6 Å². The highest BCUT2D eigenvalue weighted by Crippen LogP contribution is 2.29. The molecule has 0 aromatic carbocycles. The summed E-state index contributed by atoms with van der Waals surface area (Å²) in [7, 11) is 0. The van der Waals surface area contributed by atoms with Crippen LogP contribution in [0.1, 0.15) is 53.2 Å². The summed E-state index contributed by atoms with van der Waals surface area (Å²) in [5, 5.41) is 11.9. The average Bonchev–Trinajstić information content (AvgIpc) is 2.81. The lowest BCUT2D eigenvalue weighted by atomic mass is 9.80. The van der Waals surface area contributed by atoms with Crippen molar-refractivity contribution in [3.8, 4) is 11.8 Å². The molecule has 1 aliphatic rings. The number of rotatable bonds is 2. The second-order valence-electron chi connectivity index (χ2n) is 6.06. The smallest absolute Gasteiger partial charge is 0.261 e. The van der Waals surface area contributed by atoms with E-state index in [-0.39, 0.29) is 18.6 Å². The normalized spacial score (nSPS) is 25.0. The van der Waals surface area contributed by atoms with Gasteiger partial charge in [-0.1, -0.05) is 25.7 Å². The Morgan fingerprint density at radius 1 is 1.48 bits per heavy atom. The number of nitrogens with one attached hydrogen (secondary N) is 1. The van der Waals surface area contributed by atoms with Gasteiger partial charge >= 0.3 is 0 Å². The minimum atomic E-state index is -0.156. The molecule has 1 aliphatic carbocycles. The highest BCUT2D eigenvalue weighted by molar-refractivity contribution is 7.14. The van der Waals surface area contributed by atoms with Gasteiger partial charge in [0, 0.05) is 6.04 Å². The summed E-state index contributed by atoms with van der Waals surface area (Å²) in [6, 6.07) is 2.17. The summed E-state index contributed by atoms with van der Waals surface area (Å²) in [6.07, 6.45) is 3.43. The maximum Gasteiger partial charge on any atom is 0.261 e. The molecule has 3 atom stereocenters. The van der Waals surface area contributed by atoms with Crippen LogP contribution in [0.3, 0.4) is 0 Å². The van der Waals surface area contributed by atoms with E-state index in [2.05, 4.69) is 31.0 Å². The summed E-state index contributed by atoms with van der Waals surface area (Å²) in [4.78, 5) is 14.0. The van der Waals surface area contributed by atoms with Gasteiger partial charge < -0.3 is 10.4 Å². The molecule has 0 spiro atoms. The predicted octanol–water partition coefficient (Wildman–Crippen LogP) is 2.95. The molecule has 0 aliphatic heterocycles. The van der Waals surface area contributed by atoms with Gasteiger partial charge in [-0.3, -0.25) is 4.79 Å². The monoisotopic (exact) mass is 305 g/mol. The van der Waals surface area contributed by atoms with Crippen LogP contribution >= 0.6 is 11.3 Å². The Hall–Kier alpha value is -1.31. The molecule has 1 fully saturated rings. The van der Waals surface area contributed by atoms with Crippen LogP contribution in [0.25, 0.3) is 0 Å². The SMILES string of the molecule is Cc1cc(C(=O)NC2CCC(C)CC2C)sc1C#CCO. The molecule has 0 radical (unpaired) electrons. The third-order valence-corrected chi connectivity index (χ3v) is 5.32. The molecule has 114 valence electrons. The molecule has 3 nitrogen and oxygen atoms in total. The van der Waals surface area contributed by atoms with Crippen molar-refractivity contribution in [2.24, 2.45) is 11.8 Å². The Bertz CT molecular complexity index is 567. The van der Waals surface area contributed by atoms with E-state index in [9.17, 15) is 4.79 Å². The summed E-state index contributed by atoms with van der Waals surface area (Å²) in [5.74, 6) is 6.83. The summed E-state index contributed by atoms with van der Waals surface area (Å²) in [5.41, 5.74) is 0.997. The van der Waals surface area contributed by atoms with E-state index < -0.39 is 0 Å². The lowest BCUT2D eigenvalue weighted by molar-refractivity contribution is 0.0903. The number of carbonyl (C=O) groups is 1. The number of hydrogen-bond acceptors (Lipinski definition) is 3. The number of thiophene rings is 1. The van der Waals surface area contributed by atoms with E-state index in [1.807, 2.05) is 13.0 Å². The van der Waals surface area contributed by atoms with Crippen molar-refractivity contribution in [3.63, 3.8) is 0 Å². The Morgan fingerprint density at radius 2 is 2.24 bits per heavy atom. The van der Waals surface area contributed by atoms with Crippen LogP contribution in [0.2, 0.25) is 0 Å². The predicted molar refractivity (Wildman–Crippen MR) is 86.5 cm³/mol.